The second kappa shape index (κ2) is 7.81. The molecule has 174 valence electrons. The fourth-order valence-corrected chi connectivity index (χ4v) is 7.86. The number of hydrogen-bond donors (Lipinski definition) is 1. The van der Waals surface area contributed by atoms with Gasteiger partial charge in [0.05, 0.1) is 20.8 Å². The Morgan fingerprint density at radius 2 is 2.15 bits per heavy atom. The number of nitrogens with one attached hydrogen (secondary N) is 1. The van der Waals surface area contributed by atoms with Crippen molar-refractivity contribution in [1.82, 2.24) is 29.4 Å². The molecule has 2 fully saturated rings. The second-order valence-electron chi connectivity index (χ2n) is 9.52. The Balaban J connectivity index is 1.18. The van der Waals surface area contributed by atoms with Crippen molar-refractivity contribution in [2.24, 2.45) is 5.92 Å². The number of amides is 1. The minimum atomic E-state index is 0.0604. The van der Waals surface area contributed by atoms with Crippen molar-refractivity contribution in [2.45, 2.75) is 37.8 Å². The van der Waals surface area contributed by atoms with Crippen LogP contribution in [0.4, 0.5) is 11.5 Å². The highest BCUT2D eigenvalue weighted by Gasteiger charge is 2.45. The summed E-state index contributed by atoms with van der Waals surface area (Å²) in [6.45, 7) is 1.89. The summed E-state index contributed by atoms with van der Waals surface area (Å²) in [5, 5.41) is 9.15. The third-order valence-corrected chi connectivity index (χ3v) is 9.74. The van der Waals surface area contributed by atoms with Gasteiger partial charge >= 0.3 is 0 Å². The molecule has 11 heteroatoms. The summed E-state index contributed by atoms with van der Waals surface area (Å²) in [5.41, 5.74) is 2.83. The van der Waals surface area contributed by atoms with Crippen molar-refractivity contribution in [2.75, 3.05) is 25.5 Å². The maximum atomic E-state index is 13.4. The van der Waals surface area contributed by atoms with Crippen molar-refractivity contribution >= 4 is 72.3 Å². The largest absolute Gasteiger partial charge is 0.338 e. The Morgan fingerprint density at radius 3 is 2.97 bits per heavy atom. The van der Waals surface area contributed by atoms with Gasteiger partial charge in [-0.05, 0) is 62.0 Å². The normalized spacial score (nSPS) is 24.3. The van der Waals surface area contributed by atoms with Crippen LogP contribution in [-0.2, 0) is 17.6 Å². The molecular weight excluding hydrogens is 490 g/mol. The van der Waals surface area contributed by atoms with Crippen LogP contribution in [0.3, 0.4) is 0 Å². The first-order chi connectivity index (χ1) is 16.5. The number of anilines is 2. The summed E-state index contributed by atoms with van der Waals surface area (Å²) in [7, 11) is 2.17. The molecule has 0 saturated carbocycles. The van der Waals surface area contributed by atoms with E-state index < -0.39 is 0 Å². The number of aromatic nitrogens is 4. The Morgan fingerprint density at radius 1 is 1.24 bits per heavy atom. The number of thiophene rings is 1. The summed E-state index contributed by atoms with van der Waals surface area (Å²) < 4.78 is 4.97. The number of fused-ring (bicyclic) bond motifs is 6. The average molecular weight is 512 g/mol. The highest BCUT2D eigenvalue weighted by molar-refractivity contribution is 7.19. The predicted octanol–water partition coefficient (Wildman–Crippen LogP) is 4.11. The van der Waals surface area contributed by atoms with E-state index >= 15 is 0 Å². The number of carbonyl (C=O) groups excluding carboxylic acids is 1. The van der Waals surface area contributed by atoms with Gasteiger partial charge in [0.25, 0.3) is 0 Å². The zero-order valence-electron chi connectivity index (χ0n) is 18.5. The van der Waals surface area contributed by atoms with Crippen LogP contribution >= 0.6 is 34.5 Å². The first-order valence-corrected chi connectivity index (χ1v) is 13.5. The van der Waals surface area contributed by atoms with Gasteiger partial charge < -0.3 is 10.2 Å². The number of likely N-dealkylation sites (N-methyl/N-ethyl adjacent to an activating group) is 1. The molecule has 1 N–H and O–H groups in total. The van der Waals surface area contributed by atoms with Crippen molar-refractivity contribution in [3.63, 3.8) is 0 Å². The Hall–Kier alpha value is -2.40. The fraction of sp³-hybridized carbons (Fsp3) is 0.435. The van der Waals surface area contributed by atoms with E-state index in [0.717, 1.165) is 70.7 Å². The third kappa shape index (κ3) is 3.23. The molecule has 2 aliphatic heterocycles. The Bertz CT molecular complexity index is 1450. The fourth-order valence-electron chi connectivity index (χ4n) is 5.81. The Kier molecular flexibility index (Phi) is 4.81. The lowest BCUT2D eigenvalue weighted by molar-refractivity contribution is -0.138. The molecule has 0 spiro atoms. The molecule has 0 radical (unpaired) electrons. The standard InChI is InChI=1S/C23H22ClN7OS2/c1-30-8-13-5-12(30)9-31(13)23(32)11-2-3-14-18(4-11)33-22-20(14)21(25-10-26-22)27-16-7-19-17(6-15(16)24)28-29-34-19/h6-7,10-13H,2-5,8-9H2,1H3,(H,25,26,27)/t11-,12+,13+/m0/s1. The lowest BCUT2D eigenvalue weighted by Crippen LogP contribution is -2.49. The quantitative estimate of drug-likeness (QED) is 0.443. The van der Waals surface area contributed by atoms with Crippen molar-refractivity contribution in [3.8, 4) is 0 Å². The summed E-state index contributed by atoms with van der Waals surface area (Å²) in [6, 6.07) is 4.71. The predicted molar refractivity (Wildman–Crippen MR) is 135 cm³/mol. The van der Waals surface area contributed by atoms with Gasteiger partial charge in [0.15, 0.2) is 0 Å². The number of benzene rings is 1. The topological polar surface area (TPSA) is 87.1 Å². The van der Waals surface area contributed by atoms with Crippen LogP contribution in [0.5, 0.6) is 0 Å². The van der Waals surface area contributed by atoms with Gasteiger partial charge in [0, 0.05) is 36.0 Å². The van der Waals surface area contributed by atoms with Crippen LogP contribution in [0.15, 0.2) is 18.5 Å². The Labute approximate surface area is 209 Å². The molecule has 1 aromatic carbocycles. The molecule has 0 unspecified atom stereocenters. The number of nitrogens with zero attached hydrogens (tertiary/aromatic N) is 6. The summed E-state index contributed by atoms with van der Waals surface area (Å²) in [5.74, 6) is 1.16. The number of aryl methyl sites for hydroxylation is 1. The van der Waals surface area contributed by atoms with Crippen molar-refractivity contribution in [3.05, 3.63) is 33.9 Å². The minimum Gasteiger partial charge on any atom is -0.338 e. The SMILES string of the molecule is CN1C[C@H]2C[C@@H]1CN2C(=O)[C@H]1CCc2c(sc3ncnc(Nc4cc5snnc5cc4Cl)c23)C1. The number of halogens is 1. The van der Waals surface area contributed by atoms with Crippen LogP contribution in [0.2, 0.25) is 5.02 Å². The monoisotopic (exact) mass is 511 g/mol. The molecular formula is C23H22ClN7OS2. The molecule has 2 saturated heterocycles. The zero-order chi connectivity index (χ0) is 23.0. The van der Waals surface area contributed by atoms with E-state index in [2.05, 4.69) is 41.7 Å². The van der Waals surface area contributed by atoms with Crippen LogP contribution in [0.1, 0.15) is 23.3 Å². The molecule has 4 aromatic rings. The molecule has 1 aliphatic carbocycles. The first-order valence-electron chi connectivity index (χ1n) is 11.5. The molecule has 1 amide bonds. The van der Waals surface area contributed by atoms with Gasteiger partial charge in [-0.3, -0.25) is 9.69 Å². The van der Waals surface area contributed by atoms with Crippen molar-refractivity contribution in [1.29, 1.82) is 0 Å². The van der Waals surface area contributed by atoms with Gasteiger partial charge in [-0.15, -0.1) is 16.4 Å². The average Bonchev–Trinajstić information content (AvgIpc) is 3.60. The second-order valence-corrected chi connectivity index (χ2v) is 11.8. The molecule has 34 heavy (non-hydrogen) atoms. The van der Waals surface area contributed by atoms with Gasteiger partial charge in [0.2, 0.25) is 5.91 Å². The number of carbonyl (C=O) groups is 1. The minimum absolute atomic E-state index is 0.0604. The molecule has 3 aliphatic rings. The summed E-state index contributed by atoms with van der Waals surface area (Å²) in [6.07, 6.45) is 5.24. The lowest BCUT2D eigenvalue weighted by atomic mass is 9.86. The lowest BCUT2D eigenvalue weighted by Gasteiger charge is -2.35. The number of piperazine rings is 1. The van der Waals surface area contributed by atoms with E-state index in [-0.39, 0.29) is 5.92 Å². The highest BCUT2D eigenvalue weighted by Crippen LogP contribution is 2.42. The van der Waals surface area contributed by atoms with E-state index in [1.165, 1.54) is 22.0 Å². The zero-order valence-corrected chi connectivity index (χ0v) is 20.9. The van der Waals surface area contributed by atoms with Crippen LogP contribution in [0, 0.1) is 5.92 Å². The van der Waals surface area contributed by atoms with Gasteiger partial charge in [-0.25, -0.2) is 9.97 Å². The van der Waals surface area contributed by atoms with Crippen LogP contribution in [0.25, 0.3) is 20.4 Å². The first kappa shape index (κ1) is 20.9. The van der Waals surface area contributed by atoms with E-state index in [0.29, 0.717) is 23.0 Å². The molecule has 3 atom stereocenters. The number of hydrogen-bond acceptors (Lipinski definition) is 9. The maximum absolute atomic E-state index is 13.4. The number of likely N-dealkylation sites (tertiary alicyclic amines) is 2. The van der Waals surface area contributed by atoms with E-state index in [9.17, 15) is 4.79 Å². The van der Waals surface area contributed by atoms with Crippen LogP contribution < -0.4 is 5.32 Å². The number of rotatable bonds is 3. The summed E-state index contributed by atoms with van der Waals surface area (Å²) >= 11 is 9.55. The maximum Gasteiger partial charge on any atom is 0.226 e. The molecule has 3 aromatic heterocycles. The van der Waals surface area contributed by atoms with E-state index in [1.54, 1.807) is 17.7 Å². The highest BCUT2D eigenvalue weighted by atomic mass is 35.5. The van der Waals surface area contributed by atoms with Gasteiger partial charge in [0.1, 0.15) is 22.5 Å². The molecule has 2 bridgehead atoms. The third-order valence-electron chi connectivity index (χ3n) is 7.58. The summed E-state index contributed by atoms with van der Waals surface area (Å²) in [4.78, 5) is 29.3. The van der Waals surface area contributed by atoms with Crippen molar-refractivity contribution < 1.29 is 4.79 Å². The smallest absolute Gasteiger partial charge is 0.226 e. The van der Waals surface area contributed by atoms with E-state index in [4.69, 9.17) is 11.6 Å². The van der Waals surface area contributed by atoms with E-state index in [1.807, 2.05) is 12.1 Å². The van der Waals surface area contributed by atoms with Crippen LogP contribution in [-0.4, -0.2) is 67.5 Å². The molecule has 7 rings (SSSR count). The van der Waals surface area contributed by atoms with Gasteiger partial charge in [-0.1, -0.05) is 16.1 Å². The van der Waals surface area contributed by atoms with Gasteiger partial charge in [-0.2, -0.15) is 0 Å². The molecule has 5 heterocycles. The molecule has 8 nitrogen and oxygen atoms in total.